The van der Waals surface area contributed by atoms with Crippen molar-refractivity contribution in [2.24, 2.45) is 5.92 Å². The molecule has 18 heavy (non-hydrogen) atoms. The summed E-state index contributed by atoms with van der Waals surface area (Å²) in [5, 5.41) is 3.40. The second-order valence-electron chi connectivity index (χ2n) is 5.06. The van der Waals surface area contributed by atoms with E-state index in [1.807, 2.05) is 13.2 Å². The number of imidazole rings is 1. The first-order valence-electron chi connectivity index (χ1n) is 7.08. The largest absolute Gasteiger partial charge is 0.378 e. The second-order valence-corrected chi connectivity index (χ2v) is 5.06. The summed E-state index contributed by atoms with van der Waals surface area (Å²) in [6.07, 6.45) is 8.04. The van der Waals surface area contributed by atoms with Gasteiger partial charge in [0.05, 0.1) is 12.1 Å². The molecule has 1 aromatic rings. The summed E-state index contributed by atoms with van der Waals surface area (Å²) in [7, 11) is 2.03. The van der Waals surface area contributed by atoms with E-state index in [1.54, 1.807) is 0 Å². The van der Waals surface area contributed by atoms with Crippen LogP contribution in [0.15, 0.2) is 12.4 Å². The van der Waals surface area contributed by atoms with Gasteiger partial charge in [-0.2, -0.15) is 0 Å². The molecule has 1 saturated carbocycles. The van der Waals surface area contributed by atoms with E-state index in [1.165, 1.54) is 18.7 Å². The molecule has 1 aliphatic rings. The van der Waals surface area contributed by atoms with Crippen molar-refractivity contribution >= 4 is 0 Å². The Hall–Kier alpha value is -0.870. The fraction of sp³-hybridized carbons (Fsp3) is 0.786. The zero-order valence-corrected chi connectivity index (χ0v) is 11.7. The van der Waals surface area contributed by atoms with Crippen LogP contribution in [0.3, 0.4) is 0 Å². The van der Waals surface area contributed by atoms with Crippen LogP contribution in [0.2, 0.25) is 0 Å². The number of aryl methyl sites for hydroxylation is 1. The van der Waals surface area contributed by atoms with Crippen molar-refractivity contribution in [3.63, 3.8) is 0 Å². The van der Waals surface area contributed by atoms with Crippen LogP contribution < -0.4 is 5.32 Å². The van der Waals surface area contributed by atoms with Gasteiger partial charge in [0, 0.05) is 25.5 Å². The topological polar surface area (TPSA) is 39.1 Å². The Bertz CT molecular complexity index is 358. The summed E-state index contributed by atoms with van der Waals surface area (Å²) in [5.74, 6) is 1.95. The zero-order chi connectivity index (χ0) is 13.0. The highest BCUT2D eigenvalue weighted by Crippen LogP contribution is 2.36. The van der Waals surface area contributed by atoms with Gasteiger partial charge in [0.25, 0.3) is 0 Å². The van der Waals surface area contributed by atoms with E-state index in [2.05, 4.69) is 34.9 Å². The number of hydrogen-bond acceptors (Lipinski definition) is 3. The minimum Gasteiger partial charge on any atom is -0.378 e. The average molecular weight is 251 g/mol. The van der Waals surface area contributed by atoms with Crippen LogP contribution in [0.1, 0.15) is 45.0 Å². The monoisotopic (exact) mass is 251 g/mol. The third-order valence-electron chi connectivity index (χ3n) is 3.91. The lowest BCUT2D eigenvalue weighted by molar-refractivity contribution is -0.0292. The molecule has 0 radical (unpaired) electrons. The molecule has 1 aliphatic carbocycles. The number of rotatable bonds is 7. The molecule has 102 valence electrons. The number of hydrogen-bond donors (Lipinski definition) is 1. The molecule has 0 aliphatic heterocycles. The quantitative estimate of drug-likeness (QED) is 0.808. The molecule has 2 rings (SSSR count). The predicted molar refractivity (Wildman–Crippen MR) is 72.5 cm³/mol. The van der Waals surface area contributed by atoms with Gasteiger partial charge in [0.15, 0.2) is 0 Å². The first-order valence-corrected chi connectivity index (χ1v) is 7.08. The van der Waals surface area contributed by atoms with E-state index in [4.69, 9.17) is 4.74 Å². The summed E-state index contributed by atoms with van der Waals surface area (Å²) in [4.78, 5) is 4.49. The normalized spacial score (nSPS) is 24.8. The zero-order valence-electron chi connectivity index (χ0n) is 11.7. The highest BCUT2D eigenvalue weighted by Gasteiger charge is 2.32. The molecule has 0 saturated heterocycles. The lowest BCUT2D eigenvalue weighted by Crippen LogP contribution is -2.34. The Morgan fingerprint density at radius 2 is 2.28 bits per heavy atom. The van der Waals surface area contributed by atoms with Gasteiger partial charge in [-0.15, -0.1) is 0 Å². The predicted octanol–water partition coefficient (Wildman–Crippen LogP) is 2.37. The minimum absolute atomic E-state index is 0.368. The van der Waals surface area contributed by atoms with Crippen molar-refractivity contribution in [2.75, 3.05) is 13.7 Å². The van der Waals surface area contributed by atoms with Gasteiger partial charge in [0.1, 0.15) is 5.82 Å². The molecular weight excluding hydrogens is 226 g/mol. The SMILES string of the molecule is CCOC1CC(CC(NC)c2nccn2CC)C1. The van der Waals surface area contributed by atoms with Crippen LogP contribution in [0, 0.1) is 5.92 Å². The molecule has 0 spiro atoms. The van der Waals surface area contributed by atoms with Crippen LogP contribution in [-0.2, 0) is 11.3 Å². The Balaban J connectivity index is 1.87. The van der Waals surface area contributed by atoms with Gasteiger partial charge in [-0.1, -0.05) is 0 Å². The van der Waals surface area contributed by atoms with Gasteiger partial charge in [-0.25, -0.2) is 4.98 Å². The first-order chi connectivity index (χ1) is 8.78. The summed E-state index contributed by atoms with van der Waals surface area (Å²) in [6.45, 7) is 6.06. The molecule has 0 amide bonds. The Morgan fingerprint density at radius 1 is 1.50 bits per heavy atom. The minimum atomic E-state index is 0.368. The summed E-state index contributed by atoms with van der Waals surface area (Å²) >= 11 is 0. The smallest absolute Gasteiger partial charge is 0.125 e. The van der Waals surface area contributed by atoms with Gasteiger partial charge < -0.3 is 14.6 Å². The molecule has 1 aromatic heterocycles. The van der Waals surface area contributed by atoms with Crippen molar-refractivity contribution in [1.29, 1.82) is 0 Å². The fourth-order valence-corrected chi connectivity index (χ4v) is 2.82. The van der Waals surface area contributed by atoms with Crippen molar-refractivity contribution in [3.8, 4) is 0 Å². The van der Waals surface area contributed by atoms with E-state index >= 15 is 0 Å². The summed E-state index contributed by atoms with van der Waals surface area (Å²) in [6, 6.07) is 0.368. The lowest BCUT2D eigenvalue weighted by atomic mass is 9.78. The van der Waals surface area contributed by atoms with E-state index in [0.29, 0.717) is 12.1 Å². The highest BCUT2D eigenvalue weighted by molar-refractivity contribution is 5.01. The van der Waals surface area contributed by atoms with Crippen LogP contribution in [0.25, 0.3) is 0 Å². The van der Waals surface area contributed by atoms with Crippen LogP contribution in [0.4, 0.5) is 0 Å². The van der Waals surface area contributed by atoms with Gasteiger partial charge in [-0.3, -0.25) is 0 Å². The summed E-state index contributed by atoms with van der Waals surface area (Å²) in [5.41, 5.74) is 0. The summed E-state index contributed by atoms with van der Waals surface area (Å²) < 4.78 is 7.84. The molecule has 0 bridgehead atoms. The maximum Gasteiger partial charge on any atom is 0.125 e. The van der Waals surface area contributed by atoms with Gasteiger partial charge in [0.2, 0.25) is 0 Å². The van der Waals surface area contributed by atoms with Crippen molar-refractivity contribution in [2.45, 2.75) is 51.8 Å². The molecular formula is C14H25N3O. The Labute approximate surface area is 110 Å². The molecule has 1 heterocycles. The number of aromatic nitrogens is 2. The van der Waals surface area contributed by atoms with Crippen molar-refractivity contribution in [3.05, 3.63) is 18.2 Å². The van der Waals surface area contributed by atoms with E-state index in [-0.39, 0.29) is 0 Å². The maximum absolute atomic E-state index is 5.62. The molecule has 1 atom stereocenters. The van der Waals surface area contributed by atoms with Gasteiger partial charge in [-0.05, 0) is 46.1 Å². The Kier molecular flexibility index (Phi) is 4.78. The average Bonchev–Trinajstić information content (AvgIpc) is 2.80. The third kappa shape index (κ3) is 2.93. The molecule has 4 nitrogen and oxygen atoms in total. The lowest BCUT2D eigenvalue weighted by Gasteiger charge is -2.36. The number of ether oxygens (including phenoxy) is 1. The molecule has 4 heteroatoms. The molecule has 1 fully saturated rings. The van der Waals surface area contributed by atoms with Gasteiger partial charge >= 0.3 is 0 Å². The number of nitrogens with one attached hydrogen (secondary N) is 1. The fourth-order valence-electron chi connectivity index (χ4n) is 2.82. The van der Waals surface area contributed by atoms with E-state index < -0.39 is 0 Å². The maximum atomic E-state index is 5.62. The number of nitrogens with zero attached hydrogens (tertiary/aromatic N) is 2. The molecule has 0 aromatic carbocycles. The van der Waals surface area contributed by atoms with E-state index in [0.717, 1.165) is 25.5 Å². The molecule has 1 N–H and O–H groups in total. The van der Waals surface area contributed by atoms with Crippen LogP contribution >= 0.6 is 0 Å². The van der Waals surface area contributed by atoms with Crippen molar-refractivity contribution in [1.82, 2.24) is 14.9 Å². The van der Waals surface area contributed by atoms with Crippen LogP contribution in [-0.4, -0.2) is 29.3 Å². The highest BCUT2D eigenvalue weighted by atomic mass is 16.5. The van der Waals surface area contributed by atoms with E-state index in [9.17, 15) is 0 Å². The standard InChI is InChI=1S/C14H25N3O/c1-4-17-7-6-16-14(17)13(15-3)10-11-8-12(9-11)18-5-2/h6-7,11-13,15H,4-5,8-10H2,1-3H3. The van der Waals surface area contributed by atoms with Crippen molar-refractivity contribution < 1.29 is 4.74 Å². The second kappa shape index (κ2) is 6.34. The first kappa shape index (κ1) is 13.6. The Morgan fingerprint density at radius 3 is 2.89 bits per heavy atom. The van der Waals surface area contributed by atoms with Crippen LogP contribution in [0.5, 0.6) is 0 Å². The molecule has 1 unspecified atom stereocenters. The third-order valence-corrected chi connectivity index (χ3v) is 3.91.